The van der Waals surface area contributed by atoms with Crippen molar-refractivity contribution in [3.63, 3.8) is 0 Å². The number of benzene rings is 3. The van der Waals surface area contributed by atoms with Gasteiger partial charge in [-0.2, -0.15) is 0 Å². The third-order valence-electron chi connectivity index (χ3n) is 5.66. The molecule has 0 aliphatic heterocycles. The Bertz CT molecular complexity index is 1270. The van der Waals surface area contributed by atoms with Crippen molar-refractivity contribution in [2.75, 3.05) is 0 Å². The first kappa shape index (κ1) is 22.4. The summed E-state index contributed by atoms with van der Waals surface area (Å²) in [4.78, 5) is 13.2. The Balaban J connectivity index is 1.59. The molecule has 0 spiro atoms. The average Bonchev–Trinajstić information content (AvgIpc) is 3.12. The van der Waals surface area contributed by atoms with Gasteiger partial charge in [-0.3, -0.25) is 4.79 Å². The van der Waals surface area contributed by atoms with Crippen LogP contribution in [0.15, 0.2) is 72.8 Å². The Hall–Kier alpha value is -2.75. The number of aromatic nitrogens is 1. The molecular weight excluding hydrogens is 439 g/mol. The molecule has 5 heteroatoms. The highest BCUT2D eigenvalue weighted by atomic mass is 35.5. The first-order valence-corrected chi connectivity index (χ1v) is 11.4. The standard InChI is InChI=1S/C27H26Cl2N2O/c1-27(2,3)21-11-8-18(9-12-21)16-30-26(32)25-14-19-6-4-5-7-24(19)31(25)17-20-10-13-22(28)15-23(20)29/h4-15H,16-17H2,1-3H3,(H,30,32). The van der Waals surface area contributed by atoms with Crippen LogP contribution >= 0.6 is 23.2 Å². The molecule has 0 aliphatic rings. The van der Waals surface area contributed by atoms with Crippen LogP contribution in [0.25, 0.3) is 10.9 Å². The first-order valence-electron chi connectivity index (χ1n) is 10.6. The number of hydrogen-bond donors (Lipinski definition) is 1. The van der Waals surface area contributed by atoms with E-state index in [9.17, 15) is 4.79 Å². The Kier molecular flexibility index (Phi) is 6.32. The molecule has 0 aliphatic carbocycles. The lowest BCUT2D eigenvalue weighted by atomic mass is 9.87. The normalized spacial score (nSPS) is 11.7. The second-order valence-electron chi connectivity index (χ2n) is 9.04. The van der Waals surface area contributed by atoms with Crippen LogP contribution in [0.4, 0.5) is 0 Å². The minimum atomic E-state index is -0.119. The summed E-state index contributed by atoms with van der Waals surface area (Å²) >= 11 is 12.5. The zero-order valence-electron chi connectivity index (χ0n) is 18.5. The lowest BCUT2D eigenvalue weighted by molar-refractivity contribution is 0.0942. The molecule has 0 saturated carbocycles. The summed E-state index contributed by atoms with van der Waals surface area (Å²) in [6.45, 7) is 7.51. The fraction of sp³-hybridized carbons (Fsp3) is 0.222. The minimum Gasteiger partial charge on any atom is -0.347 e. The van der Waals surface area contributed by atoms with Crippen molar-refractivity contribution in [1.29, 1.82) is 0 Å². The van der Waals surface area contributed by atoms with Crippen molar-refractivity contribution < 1.29 is 4.79 Å². The van der Waals surface area contributed by atoms with Gasteiger partial charge in [0.05, 0.1) is 0 Å². The van der Waals surface area contributed by atoms with Crippen LogP contribution in [0.1, 0.15) is 48.0 Å². The SMILES string of the molecule is CC(C)(C)c1ccc(CNC(=O)c2cc3ccccc3n2Cc2ccc(Cl)cc2Cl)cc1. The molecule has 0 radical (unpaired) electrons. The van der Waals surface area contributed by atoms with Gasteiger partial charge in [0.25, 0.3) is 5.91 Å². The van der Waals surface area contributed by atoms with E-state index in [1.54, 1.807) is 6.07 Å². The van der Waals surface area contributed by atoms with E-state index in [2.05, 4.69) is 50.4 Å². The average molecular weight is 465 g/mol. The maximum atomic E-state index is 13.2. The molecule has 0 saturated heterocycles. The third-order valence-corrected chi connectivity index (χ3v) is 6.25. The molecule has 3 nitrogen and oxygen atoms in total. The lowest BCUT2D eigenvalue weighted by Gasteiger charge is -2.19. The van der Waals surface area contributed by atoms with Gasteiger partial charge >= 0.3 is 0 Å². The number of carbonyl (C=O) groups excluding carboxylic acids is 1. The van der Waals surface area contributed by atoms with Gasteiger partial charge in [-0.1, -0.05) is 92.5 Å². The van der Waals surface area contributed by atoms with E-state index in [0.29, 0.717) is 28.8 Å². The van der Waals surface area contributed by atoms with Gasteiger partial charge in [0.2, 0.25) is 0 Å². The van der Waals surface area contributed by atoms with E-state index in [-0.39, 0.29) is 11.3 Å². The summed E-state index contributed by atoms with van der Waals surface area (Å²) in [7, 11) is 0. The van der Waals surface area contributed by atoms with E-state index in [0.717, 1.165) is 22.0 Å². The van der Waals surface area contributed by atoms with Crippen LogP contribution in [-0.4, -0.2) is 10.5 Å². The predicted molar refractivity (Wildman–Crippen MR) is 134 cm³/mol. The van der Waals surface area contributed by atoms with Gasteiger partial charge in [-0.25, -0.2) is 0 Å². The number of fused-ring (bicyclic) bond motifs is 1. The number of hydrogen-bond acceptors (Lipinski definition) is 1. The van der Waals surface area contributed by atoms with Crippen molar-refractivity contribution >= 4 is 40.0 Å². The van der Waals surface area contributed by atoms with Gasteiger partial charge < -0.3 is 9.88 Å². The molecule has 0 unspecified atom stereocenters. The van der Waals surface area contributed by atoms with Gasteiger partial charge in [0.1, 0.15) is 5.69 Å². The largest absolute Gasteiger partial charge is 0.347 e. The number of amides is 1. The topological polar surface area (TPSA) is 34.0 Å². The molecule has 4 rings (SSSR count). The fourth-order valence-electron chi connectivity index (χ4n) is 3.78. The molecule has 4 aromatic rings. The molecule has 1 aromatic heterocycles. The second-order valence-corrected chi connectivity index (χ2v) is 9.88. The summed E-state index contributed by atoms with van der Waals surface area (Å²) in [5, 5.41) is 5.26. The van der Waals surface area contributed by atoms with Crippen molar-refractivity contribution in [2.45, 2.75) is 39.3 Å². The summed E-state index contributed by atoms with van der Waals surface area (Å²) in [6, 6.07) is 23.7. The molecule has 1 heterocycles. The number of carbonyl (C=O) groups is 1. The minimum absolute atomic E-state index is 0.103. The molecule has 0 bridgehead atoms. The highest BCUT2D eigenvalue weighted by Crippen LogP contribution is 2.26. The van der Waals surface area contributed by atoms with Crippen LogP contribution in [0.5, 0.6) is 0 Å². The molecule has 1 amide bonds. The van der Waals surface area contributed by atoms with Gasteiger partial charge in [0.15, 0.2) is 0 Å². The van der Waals surface area contributed by atoms with E-state index in [4.69, 9.17) is 23.2 Å². The maximum Gasteiger partial charge on any atom is 0.268 e. The van der Waals surface area contributed by atoms with Crippen LogP contribution in [-0.2, 0) is 18.5 Å². The Morgan fingerprint density at radius 2 is 1.66 bits per heavy atom. The Morgan fingerprint density at radius 3 is 2.34 bits per heavy atom. The molecule has 1 N–H and O–H groups in total. The number of para-hydroxylation sites is 1. The van der Waals surface area contributed by atoms with Crippen molar-refractivity contribution in [3.05, 3.63) is 105 Å². The van der Waals surface area contributed by atoms with E-state index >= 15 is 0 Å². The highest BCUT2D eigenvalue weighted by Gasteiger charge is 2.17. The maximum absolute atomic E-state index is 13.2. The molecular formula is C27H26Cl2N2O. The summed E-state index contributed by atoms with van der Waals surface area (Å²) < 4.78 is 2.00. The van der Waals surface area contributed by atoms with Gasteiger partial charge in [0, 0.05) is 34.0 Å². The molecule has 32 heavy (non-hydrogen) atoms. The number of nitrogens with zero attached hydrogens (tertiary/aromatic N) is 1. The highest BCUT2D eigenvalue weighted by molar-refractivity contribution is 6.35. The fourth-order valence-corrected chi connectivity index (χ4v) is 4.25. The van der Waals surface area contributed by atoms with Crippen molar-refractivity contribution in [2.24, 2.45) is 0 Å². The molecule has 0 fully saturated rings. The number of halogens is 2. The second kappa shape index (κ2) is 9.01. The summed E-state index contributed by atoms with van der Waals surface area (Å²) in [5.74, 6) is -0.119. The zero-order chi connectivity index (χ0) is 22.9. The Morgan fingerprint density at radius 1 is 0.938 bits per heavy atom. The smallest absolute Gasteiger partial charge is 0.268 e. The van der Waals surface area contributed by atoms with Crippen LogP contribution in [0.3, 0.4) is 0 Å². The van der Waals surface area contributed by atoms with Crippen LogP contribution in [0, 0.1) is 0 Å². The molecule has 164 valence electrons. The van der Waals surface area contributed by atoms with E-state index in [1.165, 1.54) is 5.56 Å². The number of rotatable bonds is 5. The molecule has 0 atom stereocenters. The van der Waals surface area contributed by atoms with E-state index < -0.39 is 0 Å². The summed E-state index contributed by atoms with van der Waals surface area (Å²) in [5.41, 5.74) is 4.93. The van der Waals surface area contributed by atoms with Gasteiger partial charge in [-0.05, 0) is 46.4 Å². The first-order chi connectivity index (χ1) is 15.2. The monoisotopic (exact) mass is 464 g/mol. The van der Waals surface area contributed by atoms with Crippen LogP contribution in [0.2, 0.25) is 10.0 Å². The zero-order valence-corrected chi connectivity index (χ0v) is 20.0. The predicted octanol–water partition coefficient (Wildman–Crippen LogP) is 7.22. The van der Waals surface area contributed by atoms with Crippen molar-refractivity contribution in [1.82, 2.24) is 9.88 Å². The quantitative estimate of drug-likeness (QED) is 0.332. The van der Waals surface area contributed by atoms with Crippen LogP contribution < -0.4 is 5.32 Å². The van der Waals surface area contributed by atoms with E-state index in [1.807, 2.05) is 47.0 Å². The lowest BCUT2D eigenvalue weighted by Crippen LogP contribution is -2.25. The summed E-state index contributed by atoms with van der Waals surface area (Å²) in [6.07, 6.45) is 0. The van der Waals surface area contributed by atoms with Gasteiger partial charge in [-0.15, -0.1) is 0 Å². The number of nitrogens with one attached hydrogen (secondary N) is 1. The third kappa shape index (κ3) is 4.85. The molecule has 3 aromatic carbocycles. The van der Waals surface area contributed by atoms with Crippen molar-refractivity contribution in [3.8, 4) is 0 Å². The Labute approximate surface area is 199 Å².